The van der Waals surface area contributed by atoms with Crippen LogP contribution < -0.4 is 9.47 Å². The first-order chi connectivity index (χ1) is 14.6. The Labute approximate surface area is 179 Å². The number of benzene rings is 1. The van der Waals surface area contributed by atoms with E-state index in [1.165, 1.54) is 5.56 Å². The van der Waals surface area contributed by atoms with Crippen LogP contribution in [0.25, 0.3) is 6.08 Å². The molecule has 30 heavy (non-hydrogen) atoms. The van der Waals surface area contributed by atoms with E-state index in [9.17, 15) is 4.79 Å². The van der Waals surface area contributed by atoms with Crippen molar-refractivity contribution in [3.8, 4) is 11.5 Å². The summed E-state index contributed by atoms with van der Waals surface area (Å²) in [5.41, 5.74) is 2.15. The van der Waals surface area contributed by atoms with Gasteiger partial charge in [0.1, 0.15) is 0 Å². The lowest BCUT2D eigenvalue weighted by atomic mass is 10.0. The second-order valence-corrected chi connectivity index (χ2v) is 7.62. The van der Waals surface area contributed by atoms with Crippen molar-refractivity contribution < 1.29 is 14.3 Å². The van der Waals surface area contributed by atoms with Crippen molar-refractivity contribution in [2.45, 2.75) is 25.3 Å². The number of likely N-dealkylation sites (tertiary alicyclic amines) is 1. The lowest BCUT2D eigenvalue weighted by Crippen LogP contribution is -2.48. The summed E-state index contributed by atoms with van der Waals surface area (Å²) < 4.78 is 10.7. The maximum absolute atomic E-state index is 12.6. The van der Waals surface area contributed by atoms with Crippen LogP contribution in [0.4, 0.5) is 0 Å². The minimum Gasteiger partial charge on any atom is -0.493 e. The van der Waals surface area contributed by atoms with Crippen LogP contribution in [0.1, 0.15) is 24.0 Å². The van der Waals surface area contributed by atoms with Crippen molar-refractivity contribution in [3.63, 3.8) is 0 Å². The van der Waals surface area contributed by atoms with E-state index in [-0.39, 0.29) is 5.91 Å². The van der Waals surface area contributed by atoms with Gasteiger partial charge in [0.05, 0.1) is 14.2 Å². The maximum Gasteiger partial charge on any atom is 0.246 e. The molecule has 6 heteroatoms. The number of aromatic nitrogens is 1. The SMILES string of the molecule is COc1ccc(CCN(C)C2CCCN(C(=O)/C=C/c3cccnc3)C2)cc1OC. The maximum atomic E-state index is 12.6. The predicted molar refractivity (Wildman–Crippen MR) is 119 cm³/mol. The van der Waals surface area contributed by atoms with Crippen molar-refractivity contribution in [2.75, 3.05) is 40.9 Å². The molecule has 1 saturated heterocycles. The van der Waals surface area contributed by atoms with Gasteiger partial charge >= 0.3 is 0 Å². The van der Waals surface area contributed by atoms with Gasteiger partial charge in [0.25, 0.3) is 0 Å². The van der Waals surface area contributed by atoms with Gasteiger partial charge in [-0.25, -0.2) is 0 Å². The summed E-state index contributed by atoms with van der Waals surface area (Å²) >= 11 is 0. The van der Waals surface area contributed by atoms with E-state index in [1.54, 1.807) is 32.7 Å². The molecule has 1 atom stereocenters. The molecule has 1 aliphatic rings. The van der Waals surface area contributed by atoms with Gasteiger partial charge in [0, 0.05) is 44.1 Å². The van der Waals surface area contributed by atoms with E-state index >= 15 is 0 Å². The lowest BCUT2D eigenvalue weighted by molar-refractivity contribution is -0.127. The quantitative estimate of drug-likeness (QED) is 0.627. The molecule has 1 aromatic carbocycles. The molecule has 1 aliphatic heterocycles. The second kappa shape index (κ2) is 10.8. The zero-order valence-electron chi connectivity index (χ0n) is 18.1. The van der Waals surface area contributed by atoms with Gasteiger partial charge in [-0.05, 0) is 61.7 Å². The minimum atomic E-state index is 0.0665. The molecule has 1 amide bonds. The van der Waals surface area contributed by atoms with Crippen LogP contribution in [0, 0.1) is 0 Å². The smallest absolute Gasteiger partial charge is 0.246 e. The standard InChI is InChI=1S/C24H31N3O3/c1-26(15-12-19-8-10-22(29-2)23(16-19)30-3)21-7-5-14-27(18-21)24(28)11-9-20-6-4-13-25-17-20/h4,6,8-11,13,16-17,21H,5,7,12,14-15,18H2,1-3H3/b11-9+. The molecular formula is C24H31N3O3. The van der Waals surface area contributed by atoms with Crippen molar-refractivity contribution in [3.05, 3.63) is 59.9 Å². The topological polar surface area (TPSA) is 54.9 Å². The summed E-state index contributed by atoms with van der Waals surface area (Å²) in [7, 11) is 5.45. The highest BCUT2D eigenvalue weighted by Crippen LogP contribution is 2.28. The monoisotopic (exact) mass is 409 g/mol. The number of piperidine rings is 1. The van der Waals surface area contributed by atoms with Crippen LogP contribution in [0.15, 0.2) is 48.8 Å². The normalized spacial score (nSPS) is 16.8. The van der Waals surface area contributed by atoms with E-state index in [1.807, 2.05) is 35.2 Å². The summed E-state index contributed by atoms with van der Waals surface area (Å²) in [6.45, 7) is 2.50. The fraction of sp³-hybridized carbons (Fsp3) is 0.417. The number of carbonyl (C=O) groups is 1. The van der Waals surface area contributed by atoms with E-state index < -0.39 is 0 Å². The lowest BCUT2D eigenvalue weighted by Gasteiger charge is -2.37. The number of carbonyl (C=O) groups excluding carboxylic acids is 1. The molecule has 1 unspecified atom stereocenters. The molecular weight excluding hydrogens is 378 g/mol. The van der Waals surface area contributed by atoms with Crippen LogP contribution in [0.5, 0.6) is 11.5 Å². The Morgan fingerprint density at radius 3 is 2.83 bits per heavy atom. The Hall–Kier alpha value is -2.86. The van der Waals surface area contributed by atoms with Crippen molar-refractivity contribution in [2.24, 2.45) is 0 Å². The summed E-state index contributed by atoms with van der Waals surface area (Å²) in [5, 5.41) is 0. The molecule has 0 saturated carbocycles. The zero-order valence-corrected chi connectivity index (χ0v) is 18.1. The van der Waals surface area contributed by atoms with Crippen molar-refractivity contribution in [1.29, 1.82) is 0 Å². The molecule has 0 N–H and O–H groups in total. The molecule has 1 fully saturated rings. The molecule has 2 aromatic rings. The van der Waals surface area contributed by atoms with Gasteiger partial charge in [0.15, 0.2) is 11.5 Å². The number of rotatable bonds is 8. The van der Waals surface area contributed by atoms with E-state index in [4.69, 9.17) is 9.47 Å². The van der Waals surface area contributed by atoms with Crippen molar-refractivity contribution >= 4 is 12.0 Å². The number of hydrogen-bond acceptors (Lipinski definition) is 5. The Balaban J connectivity index is 1.53. The molecule has 0 spiro atoms. The number of methoxy groups -OCH3 is 2. The summed E-state index contributed by atoms with van der Waals surface area (Å²) in [5.74, 6) is 1.57. The minimum absolute atomic E-state index is 0.0665. The summed E-state index contributed by atoms with van der Waals surface area (Å²) in [4.78, 5) is 21.0. The third-order valence-electron chi connectivity index (χ3n) is 5.64. The summed E-state index contributed by atoms with van der Waals surface area (Å²) in [6.07, 6.45) is 10.0. The Kier molecular flexibility index (Phi) is 7.85. The number of nitrogens with zero attached hydrogens (tertiary/aromatic N) is 3. The largest absolute Gasteiger partial charge is 0.493 e. The number of likely N-dealkylation sites (N-methyl/N-ethyl adjacent to an activating group) is 1. The first kappa shape index (κ1) is 21.8. The second-order valence-electron chi connectivity index (χ2n) is 7.62. The number of hydrogen-bond donors (Lipinski definition) is 0. The zero-order chi connectivity index (χ0) is 21.3. The third-order valence-corrected chi connectivity index (χ3v) is 5.64. The molecule has 0 aliphatic carbocycles. The van der Waals surface area contributed by atoms with Crippen LogP contribution in [0.2, 0.25) is 0 Å². The highest BCUT2D eigenvalue weighted by atomic mass is 16.5. The van der Waals surface area contributed by atoms with Gasteiger partial charge in [-0.1, -0.05) is 12.1 Å². The molecule has 2 heterocycles. The number of pyridine rings is 1. The van der Waals surface area contributed by atoms with Crippen molar-refractivity contribution in [1.82, 2.24) is 14.8 Å². The average Bonchev–Trinajstić information content (AvgIpc) is 2.81. The highest BCUT2D eigenvalue weighted by molar-refractivity contribution is 5.91. The van der Waals surface area contributed by atoms with E-state index in [2.05, 4.69) is 23.0 Å². The fourth-order valence-corrected chi connectivity index (χ4v) is 3.79. The Morgan fingerprint density at radius 2 is 2.10 bits per heavy atom. The van der Waals surface area contributed by atoms with Crippen LogP contribution >= 0.6 is 0 Å². The molecule has 160 valence electrons. The first-order valence-electron chi connectivity index (χ1n) is 10.4. The van der Waals surface area contributed by atoms with Gasteiger partial charge in [-0.15, -0.1) is 0 Å². The number of amides is 1. The molecule has 1 aromatic heterocycles. The van der Waals surface area contributed by atoms with Gasteiger partial charge < -0.3 is 19.3 Å². The highest BCUT2D eigenvalue weighted by Gasteiger charge is 2.25. The number of ether oxygens (including phenoxy) is 2. The van der Waals surface area contributed by atoms with E-state index in [0.717, 1.165) is 56.0 Å². The van der Waals surface area contributed by atoms with Gasteiger partial charge in [0.2, 0.25) is 5.91 Å². The average molecular weight is 410 g/mol. The Morgan fingerprint density at radius 1 is 1.27 bits per heavy atom. The van der Waals surface area contributed by atoms with Gasteiger partial charge in [-0.3, -0.25) is 9.78 Å². The molecule has 3 rings (SSSR count). The summed E-state index contributed by atoms with van der Waals surface area (Å²) in [6, 6.07) is 10.2. The predicted octanol–water partition coefficient (Wildman–Crippen LogP) is 3.28. The van der Waals surface area contributed by atoms with Crippen LogP contribution in [-0.2, 0) is 11.2 Å². The molecule has 6 nitrogen and oxygen atoms in total. The van der Waals surface area contributed by atoms with Crippen LogP contribution in [-0.4, -0.2) is 67.6 Å². The van der Waals surface area contributed by atoms with E-state index in [0.29, 0.717) is 6.04 Å². The Bertz CT molecular complexity index is 854. The first-order valence-corrected chi connectivity index (χ1v) is 10.4. The molecule has 0 bridgehead atoms. The van der Waals surface area contributed by atoms with Gasteiger partial charge in [-0.2, -0.15) is 0 Å². The third kappa shape index (κ3) is 5.83. The molecule has 0 radical (unpaired) electrons. The fourth-order valence-electron chi connectivity index (χ4n) is 3.79. The van der Waals surface area contributed by atoms with Crippen LogP contribution in [0.3, 0.4) is 0 Å².